The zero-order valence-electron chi connectivity index (χ0n) is 7.83. The number of nitrogens with zero attached hydrogens (tertiary/aromatic N) is 1. The molecule has 1 amide bonds. The van der Waals surface area contributed by atoms with Crippen LogP contribution in [-0.2, 0) is 0 Å². The Morgan fingerprint density at radius 2 is 2.40 bits per heavy atom. The van der Waals surface area contributed by atoms with Crippen molar-refractivity contribution in [2.24, 2.45) is 0 Å². The molecule has 0 spiro atoms. The standard InChI is InChI=1S/C8H10ClN3O3/c9-2-1-3-10-8(13)7-4-6(5-11-7)12(14)15/h4-5,11H,1-3H2,(H,10,13). The summed E-state index contributed by atoms with van der Waals surface area (Å²) in [6, 6.07) is 1.19. The summed E-state index contributed by atoms with van der Waals surface area (Å²) in [6.07, 6.45) is 1.84. The number of hydrogen-bond donors (Lipinski definition) is 2. The number of H-pyrrole nitrogens is 1. The number of halogens is 1. The van der Waals surface area contributed by atoms with Crippen LogP contribution >= 0.6 is 11.6 Å². The van der Waals surface area contributed by atoms with E-state index in [4.69, 9.17) is 11.6 Å². The van der Waals surface area contributed by atoms with Crippen LogP contribution in [0.5, 0.6) is 0 Å². The molecule has 0 aliphatic carbocycles. The van der Waals surface area contributed by atoms with Crippen molar-refractivity contribution in [3.05, 3.63) is 28.1 Å². The van der Waals surface area contributed by atoms with Crippen LogP contribution in [0.1, 0.15) is 16.9 Å². The lowest BCUT2D eigenvalue weighted by atomic mass is 10.3. The summed E-state index contributed by atoms with van der Waals surface area (Å²) < 4.78 is 0. The third kappa shape index (κ3) is 3.25. The van der Waals surface area contributed by atoms with E-state index >= 15 is 0 Å². The minimum atomic E-state index is -0.563. The van der Waals surface area contributed by atoms with Gasteiger partial charge in [0.1, 0.15) is 5.69 Å². The van der Waals surface area contributed by atoms with Gasteiger partial charge < -0.3 is 10.3 Å². The normalized spacial score (nSPS) is 9.93. The fourth-order valence-electron chi connectivity index (χ4n) is 0.983. The lowest BCUT2D eigenvalue weighted by Gasteiger charge is -2.00. The van der Waals surface area contributed by atoms with E-state index in [1.165, 1.54) is 12.3 Å². The number of nitro groups is 1. The first-order chi connectivity index (χ1) is 7.15. The molecule has 0 bridgehead atoms. The van der Waals surface area contributed by atoms with Gasteiger partial charge in [-0.15, -0.1) is 11.6 Å². The maximum Gasteiger partial charge on any atom is 0.287 e. The molecule has 0 saturated heterocycles. The highest BCUT2D eigenvalue weighted by Gasteiger charge is 2.13. The van der Waals surface area contributed by atoms with Crippen LogP contribution < -0.4 is 5.32 Å². The molecule has 7 heteroatoms. The van der Waals surface area contributed by atoms with Crippen molar-refractivity contribution in [1.82, 2.24) is 10.3 Å². The number of amides is 1. The van der Waals surface area contributed by atoms with Gasteiger partial charge in [-0.05, 0) is 6.42 Å². The topological polar surface area (TPSA) is 88.0 Å². The Morgan fingerprint density at radius 3 is 2.93 bits per heavy atom. The number of hydrogen-bond acceptors (Lipinski definition) is 3. The molecule has 6 nitrogen and oxygen atoms in total. The summed E-state index contributed by atoms with van der Waals surface area (Å²) >= 11 is 5.43. The third-order valence-corrected chi connectivity index (χ3v) is 1.99. The van der Waals surface area contributed by atoms with Gasteiger partial charge >= 0.3 is 0 Å². The maximum atomic E-state index is 11.3. The van der Waals surface area contributed by atoms with Crippen LogP contribution in [0.2, 0.25) is 0 Å². The summed E-state index contributed by atoms with van der Waals surface area (Å²) in [5.41, 5.74) is 0.0498. The number of aromatic amines is 1. The summed E-state index contributed by atoms with van der Waals surface area (Å²) in [4.78, 5) is 23.6. The predicted molar refractivity (Wildman–Crippen MR) is 55.1 cm³/mol. The number of aromatic nitrogens is 1. The van der Waals surface area contributed by atoms with Gasteiger partial charge in [-0.3, -0.25) is 14.9 Å². The lowest BCUT2D eigenvalue weighted by Crippen LogP contribution is -2.24. The Kier molecular flexibility index (Phi) is 4.11. The smallest absolute Gasteiger partial charge is 0.287 e. The van der Waals surface area contributed by atoms with Gasteiger partial charge in [0.2, 0.25) is 0 Å². The predicted octanol–water partition coefficient (Wildman–Crippen LogP) is 1.28. The monoisotopic (exact) mass is 231 g/mol. The summed E-state index contributed by atoms with van der Waals surface area (Å²) in [7, 11) is 0. The van der Waals surface area contributed by atoms with Crippen molar-refractivity contribution in [3.63, 3.8) is 0 Å². The number of carbonyl (C=O) groups excluding carboxylic acids is 1. The molecular weight excluding hydrogens is 222 g/mol. The van der Waals surface area contributed by atoms with Crippen molar-refractivity contribution in [1.29, 1.82) is 0 Å². The van der Waals surface area contributed by atoms with Crippen LogP contribution in [0.25, 0.3) is 0 Å². The Morgan fingerprint density at radius 1 is 1.67 bits per heavy atom. The van der Waals surface area contributed by atoms with Gasteiger partial charge in [0, 0.05) is 18.5 Å². The van der Waals surface area contributed by atoms with Gasteiger partial charge in [-0.25, -0.2) is 0 Å². The average Bonchev–Trinajstić information content (AvgIpc) is 2.66. The van der Waals surface area contributed by atoms with E-state index in [1.807, 2.05) is 0 Å². The van der Waals surface area contributed by atoms with Crippen molar-refractivity contribution in [2.75, 3.05) is 12.4 Å². The van der Waals surface area contributed by atoms with E-state index in [0.717, 1.165) is 0 Å². The minimum absolute atomic E-state index is 0.127. The van der Waals surface area contributed by atoms with Gasteiger partial charge in [0.05, 0.1) is 11.1 Å². The maximum absolute atomic E-state index is 11.3. The summed E-state index contributed by atoms with van der Waals surface area (Å²) in [5, 5.41) is 12.9. The number of nitrogens with one attached hydrogen (secondary N) is 2. The molecule has 1 aromatic heterocycles. The Bertz CT molecular complexity index is 364. The molecule has 0 atom stereocenters. The molecule has 0 aromatic carbocycles. The molecule has 0 unspecified atom stereocenters. The molecule has 0 aliphatic rings. The van der Waals surface area contributed by atoms with Crippen LogP contribution in [0.4, 0.5) is 5.69 Å². The van der Waals surface area contributed by atoms with Crippen LogP contribution in [0, 0.1) is 10.1 Å². The van der Waals surface area contributed by atoms with E-state index in [9.17, 15) is 14.9 Å². The average molecular weight is 232 g/mol. The number of alkyl halides is 1. The first-order valence-corrected chi connectivity index (χ1v) is 4.85. The molecular formula is C8H10ClN3O3. The molecule has 0 radical (unpaired) electrons. The van der Waals surface area contributed by atoms with E-state index < -0.39 is 4.92 Å². The van der Waals surface area contributed by atoms with E-state index in [-0.39, 0.29) is 17.3 Å². The van der Waals surface area contributed by atoms with Gasteiger partial charge in [0.25, 0.3) is 11.6 Å². The molecule has 0 fully saturated rings. The van der Waals surface area contributed by atoms with Gasteiger partial charge in [-0.1, -0.05) is 0 Å². The Balaban J connectivity index is 2.54. The molecule has 1 heterocycles. The van der Waals surface area contributed by atoms with Gasteiger partial charge in [0.15, 0.2) is 0 Å². The summed E-state index contributed by atoms with van der Waals surface area (Å²) in [5.74, 6) is 0.0961. The molecule has 2 N–H and O–H groups in total. The molecule has 1 aromatic rings. The highest BCUT2D eigenvalue weighted by molar-refractivity contribution is 6.17. The van der Waals surface area contributed by atoms with E-state index in [1.54, 1.807) is 0 Å². The zero-order valence-corrected chi connectivity index (χ0v) is 8.58. The Hall–Kier alpha value is -1.56. The van der Waals surface area contributed by atoms with E-state index in [0.29, 0.717) is 18.8 Å². The highest BCUT2D eigenvalue weighted by Crippen LogP contribution is 2.11. The van der Waals surface area contributed by atoms with Crippen LogP contribution in [0.15, 0.2) is 12.3 Å². The Labute approximate surface area is 90.8 Å². The van der Waals surface area contributed by atoms with Gasteiger partial charge in [-0.2, -0.15) is 0 Å². The van der Waals surface area contributed by atoms with Crippen molar-refractivity contribution >= 4 is 23.2 Å². The van der Waals surface area contributed by atoms with Crippen LogP contribution in [0.3, 0.4) is 0 Å². The fourth-order valence-corrected chi connectivity index (χ4v) is 1.12. The van der Waals surface area contributed by atoms with Crippen LogP contribution in [-0.4, -0.2) is 28.2 Å². The lowest BCUT2D eigenvalue weighted by molar-refractivity contribution is -0.384. The molecule has 0 aliphatic heterocycles. The van der Waals surface area contributed by atoms with Crippen molar-refractivity contribution in [2.45, 2.75) is 6.42 Å². The van der Waals surface area contributed by atoms with Crippen molar-refractivity contribution in [3.8, 4) is 0 Å². The first kappa shape index (κ1) is 11.5. The molecule has 82 valence electrons. The van der Waals surface area contributed by atoms with Crippen molar-refractivity contribution < 1.29 is 9.72 Å². The molecule has 0 saturated carbocycles. The molecule has 15 heavy (non-hydrogen) atoms. The number of rotatable bonds is 5. The minimum Gasteiger partial charge on any atom is -0.351 e. The quantitative estimate of drug-likeness (QED) is 0.346. The SMILES string of the molecule is O=C(NCCCCl)c1cc([N+](=O)[O-])c[nH]1. The second kappa shape index (κ2) is 5.35. The molecule has 1 rings (SSSR count). The zero-order chi connectivity index (χ0) is 11.3. The first-order valence-electron chi connectivity index (χ1n) is 4.32. The second-order valence-corrected chi connectivity index (χ2v) is 3.21. The summed E-state index contributed by atoms with van der Waals surface area (Å²) in [6.45, 7) is 0.454. The largest absolute Gasteiger partial charge is 0.351 e. The second-order valence-electron chi connectivity index (χ2n) is 2.83. The van der Waals surface area contributed by atoms with E-state index in [2.05, 4.69) is 10.3 Å². The number of carbonyl (C=O) groups is 1. The fraction of sp³-hybridized carbons (Fsp3) is 0.375. The highest BCUT2D eigenvalue weighted by atomic mass is 35.5. The third-order valence-electron chi connectivity index (χ3n) is 1.72.